The Hall–Kier alpha value is -1.27. The van der Waals surface area contributed by atoms with Gasteiger partial charge in [-0.2, -0.15) is 0 Å². The van der Waals surface area contributed by atoms with Crippen molar-refractivity contribution in [2.45, 2.75) is 11.3 Å². The Morgan fingerprint density at radius 2 is 2.07 bits per heavy atom. The molecule has 0 N–H and O–H groups in total. The molecule has 1 aromatic carbocycles. The molecule has 0 bridgehead atoms. The summed E-state index contributed by atoms with van der Waals surface area (Å²) < 4.78 is 4.16. The predicted molar refractivity (Wildman–Crippen MR) is 59.1 cm³/mol. The quantitative estimate of drug-likeness (QED) is 0.749. The van der Waals surface area contributed by atoms with E-state index in [1.54, 1.807) is 12.1 Å². The number of carbonyl (C=O) groups excluding carboxylic acids is 1. The fourth-order valence-electron chi connectivity index (χ4n) is 0.993. The molecule has 4 nitrogen and oxygen atoms in total. The van der Waals surface area contributed by atoms with E-state index in [1.165, 1.54) is 0 Å². The Bertz CT molecular complexity index is 453. The van der Waals surface area contributed by atoms with Crippen molar-refractivity contribution in [1.82, 2.24) is 14.8 Å². The summed E-state index contributed by atoms with van der Waals surface area (Å²) in [6.07, 6.45) is 0. The van der Waals surface area contributed by atoms with Crippen LogP contribution in [0.4, 0.5) is 0 Å². The van der Waals surface area contributed by atoms with Crippen LogP contribution in [-0.2, 0) is 0 Å². The zero-order valence-electron chi connectivity index (χ0n) is 7.88. The topological polar surface area (TPSA) is 55.7 Å². The minimum absolute atomic E-state index is 0.0337. The van der Waals surface area contributed by atoms with Gasteiger partial charge in [-0.3, -0.25) is 4.79 Å². The van der Waals surface area contributed by atoms with Gasteiger partial charge in [0.2, 0.25) is 9.45 Å². The van der Waals surface area contributed by atoms with Crippen LogP contribution >= 0.6 is 23.3 Å². The van der Waals surface area contributed by atoms with E-state index in [-0.39, 0.29) is 5.12 Å². The summed E-state index contributed by atoms with van der Waals surface area (Å²) in [5.74, 6) is 0. The Labute approximate surface area is 94.9 Å². The minimum atomic E-state index is -0.0337. The highest BCUT2D eigenvalue weighted by Gasteiger charge is 2.10. The van der Waals surface area contributed by atoms with Crippen LogP contribution in [-0.4, -0.2) is 19.9 Å². The van der Waals surface area contributed by atoms with Crippen molar-refractivity contribution >= 4 is 28.4 Å². The molecule has 0 atom stereocenters. The molecule has 0 aliphatic rings. The maximum Gasteiger partial charge on any atom is 0.226 e. The van der Waals surface area contributed by atoms with Gasteiger partial charge in [0.15, 0.2) is 0 Å². The van der Waals surface area contributed by atoms with Gasteiger partial charge in [-0.25, -0.2) is 0 Å². The van der Waals surface area contributed by atoms with Gasteiger partial charge in [0.25, 0.3) is 0 Å². The monoisotopic (exact) mass is 237 g/mol. The van der Waals surface area contributed by atoms with E-state index in [4.69, 9.17) is 0 Å². The number of aromatic nitrogens is 3. The normalized spacial score (nSPS) is 10.2. The molecule has 0 spiro atoms. The van der Waals surface area contributed by atoms with Crippen LogP contribution in [0.2, 0.25) is 0 Å². The average molecular weight is 237 g/mol. The fourth-order valence-corrected chi connectivity index (χ4v) is 2.18. The third-order valence-electron chi connectivity index (χ3n) is 1.75. The summed E-state index contributed by atoms with van der Waals surface area (Å²) in [6.45, 7) is 1.98. The van der Waals surface area contributed by atoms with Crippen molar-refractivity contribution in [3.8, 4) is 0 Å². The van der Waals surface area contributed by atoms with E-state index in [9.17, 15) is 4.79 Å². The van der Waals surface area contributed by atoms with Crippen LogP contribution in [0.1, 0.15) is 15.9 Å². The Balaban J connectivity index is 2.11. The zero-order chi connectivity index (χ0) is 10.7. The lowest BCUT2D eigenvalue weighted by atomic mass is 10.2. The van der Waals surface area contributed by atoms with Gasteiger partial charge in [-0.05, 0) is 23.9 Å². The Morgan fingerprint density at radius 3 is 2.67 bits per heavy atom. The van der Waals surface area contributed by atoms with E-state index >= 15 is 0 Å². The van der Waals surface area contributed by atoms with Gasteiger partial charge in [-0.1, -0.05) is 34.3 Å². The highest BCUT2D eigenvalue weighted by atomic mass is 32.2. The van der Waals surface area contributed by atoms with E-state index < -0.39 is 0 Å². The summed E-state index contributed by atoms with van der Waals surface area (Å²) >= 11 is 2.17. The van der Waals surface area contributed by atoms with Crippen molar-refractivity contribution in [1.29, 1.82) is 0 Å². The first-order valence-corrected chi connectivity index (χ1v) is 5.78. The molecular weight excluding hydrogens is 230 g/mol. The number of benzene rings is 1. The number of hydrogen-bond acceptors (Lipinski definition) is 6. The van der Waals surface area contributed by atoms with Crippen LogP contribution in [0.15, 0.2) is 28.6 Å². The number of hydrogen-bond donors (Lipinski definition) is 0. The number of nitrogens with zero attached hydrogens (tertiary/aromatic N) is 3. The molecule has 0 aliphatic heterocycles. The average Bonchev–Trinajstić information content (AvgIpc) is 2.71. The molecule has 0 aliphatic carbocycles. The van der Waals surface area contributed by atoms with E-state index in [1.807, 2.05) is 19.1 Å². The van der Waals surface area contributed by atoms with Crippen molar-refractivity contribution in [3.05, 3.63) is 35.4 Å². The lowest BCUT2D eigenvalue weighted by Crippen LogP contribution is -1.92. The number of aryl methyl sites for hydroxylation is 1. The number of carbonyl (C=O) groups is 1. The van der Waals surface area contributed by atoms with Crippen molar-refractivity contribution in [3.63, 3.8) is 0 Å². The predicted octanol–water partition coefficient (Wildman–Crippen LogP) is 2.17. The minimum Gasteiger partial charge on any atom is -0.281 e. The van der Waals surface area contributed by atoms with E-state index in [0.29, 0.717) is 9.90 Å². The Morgan fingerprint density at radius 1 is 1.33 bits per heavy atom. The molecular formula is C9H7N3OS2. The molecule has 76 valence electrons. The van der Waals surface area contributed by atoms with Crippen LogP contribution in [0, 0.1) is 6.92 Å². The van der Waals surface area contributed by atoms with Gasteiger partial charge in [-0.15, -0.1) is 5.10 Å². The lowest BCUT2D eigenvalue weighted by molar-refractivity contribution is 0.108. The van der Waals surface area contributed by atoms with Crippen molar-refractivity contribution < 1.29 is 4.79 Å². The van der Waals surface area contributed by atoms with Gasteiger partial charge in [0.05, 0.1) is 0 Å². The SMILES string of the molecule is Cc1ccc(C(=O)Sc2nnns2)cc1. The highest BCUT2D eigenvalue weighted by Crippen LogP contribution is 2.22. The molecule has 2 aromatic rings. The van der Waals surface area contributed by atoms with Gasteiger partial charge < -0.3 is 0 Å². The smallest absolute Gasteiger partial charge is 0.226 e. The van der Waals surface area contributed by atoms with Crippen LogP contribution in [0.5, 0.6) is 0 Å². The van der Waals surface area contributed by atoms with Gasteiger partial charge in [0.1, 0.15) is 0 Å². The standard InChI is InChI=1S/C9H7N3OS2/c1-6-2-4-7(5-3-6)8(13)14-9-10-11-12-15-9/h2-5H,1H3. The third kappa shape index (κ3) is 2.60. The van der Waals surface area contributed by atoms with Gasteiger partial charge in [0, 0.05) is 17.1 Å². The summed E-state index contributed by atoms with van der Waals surface area (Å²) in [7, 11) is 0. The van der Waals surface area contributed by atoms with E-state index in [2.05, 4.69) is 14.8 Å². The highest BCUT2D eigenvalue weighted by molar-refractivity contribution is 8.15. The second-order valence-corrected chi connectivity index (χ2v) is 4.84. The molecule has 0 saturated carbocycles. The van der Waals surface area contributed by atoms with Crippen LogP contribution in [0.25, 0.3) is 0 Å². The maximum absolute atomic E-state index is 11.7. The first-order chi connectivity index (χ1) is 7.25. The second kappa shape index (κ2) is 4.50. The summed E-state index contributed by atoms with van der Waals surface area (Å²) in [5, 5.41) is 7.09. The summed E-state index contributed by atoms with van der Waals surface area (Å²) in [6, 6.07) is 7.43. The van der Waals surface area contributed by atoms with Crippen LogP contribution in [0.3, 0.4) is 0 Å². The number of thioether (sulfide) groups is 1. The molecule has 0 fully saturated rings. The van der Waals surface area contributed by atoms with E-state index in [0.717, 1.165) is 28.9 Å². The fraction of sp³-hybridized carbons (Fsp3) is 0.111. The maximum atomic E-state index is 11.7. The molecule has 6 heteroatoms. The van der Waals surface area contributed by atoms with Crippen molar-refractivity contribution in [2.24, 2.45) is 0 Å². The molecule has 0 saturated heterocycles. The molecule has 15 heavy (non-hydrogen) atoms. The molecule has 1 aromatic heterocycles. The first kappa shape index (κ1) is 10.3. The summed E-state index contributed by atoms with van der Waals surface area (Å²) in [5.41, 5.74) is 1.80. The third-order valence-corrected chi connectivity index (χ3v) is 3.29. The second-order valence-electron chi connectivity index (χ2n) is 2.88. The molecule has 2 rings (SSSR count). The van der Waals surface area contributed by atoms with Gasteiger partial charge >= 0.3 is 0 Å². The molecule has 0 amide bonds. The molecule has 0 unspecified atom stereocenters. The number of rotatable bonds is 2. The Kier molecular flexibility index (Phi) is 3.08. The molecule has 0 radical (unpaired) electrons. The zero-order valence-corrected chi connectivity index (χ0v) is 9.51. The largest absolute Gasteiger partial charge is 0.281 e. The summed E-state index contributed by atoms with van der Waals surface area (Å²) in [4.78, 5) is 11.7. The van der Waals surface area contributed by atoms with Crippen molar-refractivity contribution in [2.75, 3.05) is 0 Å². The molecule has 1 heterocycles. The first-order valence-electron chi connectivity index (χ1n) is 4.19. The van der Waals surface area contributed by atoms with Crippen LogP contribution < -0.4 is 0 Å². The lowest BCUT2D eigenvalue weighted by Gasteiger charge is -1.97.